The molecular formula is C18H16ClO6P. The Balaban J connectivity index is 1.56. The van der Waals surface area contributed by atoms with Gasteiger partial charge in [-0.25, -0.2) is 9.59 Å². The molecule has 0 aliphatic carbocycles. The van der Waals surface area contributed by atoms with Gasteiger partial charge in [-0.05, 0) is 22.4 Å². The SMILES string of the molecule is O=C(OCc1ccccc1)[C@H]1OP(Cl)O[C@@H]1C(=O)OCc1ccccc1. The molecule has 8 heteroatoms. The highest BCUT2D eigenvalue weighted by Crippen LogP contribution is 2.53. The van der Waals surface area contributed by atoms with Crippen LogP contribution in [-0.4, -0.2) is 24.1 Å². The van der Waals surface area contributed by atoms with Crippen LogP contribution in [0.3, 0.4) is 0 Å². The van der Waals surface area contributed by atoms with E-state index in [-0.39, 0.29) is 13.2 Å². The number of carbonyl (C=O) groups excluding carboxylic acids is 2. The van der Waals surface area contributed by atoms with Crippen LogP contribution in [0, 0.1) is 0 Å². The van der Waals surface area contributed by atoms with Crippen LogP contribution >= 0.6 is 19.0 Å². The summed E-state index contributed by atoms with van der Waals surface area (Å²) in [5, 5.41) is 0. The maximum absolute atomic E-state index is 12.3. The fraction of sp³-hybridized carbons (Fsp3) is 0.222. The van der Waals surface area contributed by atoms with Gasteiger partial charge >= 0.3 is 11.9 Å². The minimum atomic E-state index is -1.87. The predicted octanol–water partition coefficient (Wildman–Crippen LogP) is 3.72. The number of benzene rings is 2. The summed E-state index contributed by atoms with van der Waals surface area (Å²) >= 11 is 5.83. The highest BCUT2D eigenvalue weighted by molar-refractivity contribution is 7.76. The maximum atomic E-state index is 12.3. The van der Waals surface area contributed by atoms with Gasteiger partial charge in [0.15, 0.2) is 12.2 Å². The molecule has 2 aromatic carbocycles. The summed E-state index contributed by atoms with van der Waals surface area (Å²) in [6, 6.07) is 18.3. The van der Waals surface area contributed by atoms with E-state index in [1.807, 2.05) is 60.7 Å². The van der Waals surface area contributed by atoms with Crippen molar-refractivity contribution in [3.05, 3.63) is 71.8 Å². The van der Waals surface area contributed by atoms with Crippen LogP contribution in [0.25, 0.3) is 0 Å². The highest BCUT2D eigenvalue weighted by atomic mass is 35.7. The number of halogens is 1. The third-order valence-electron chi connectivity index (χ3n) is 3.58. The first-order valence-electron chi connectivity index (χ1n) is 7.84. The van der Waals surface area contributed by atoms with Gasteiger partial charge in [-0.3, -0.25) is 0 Å². The molecule has 0 spiro atoms. The van der Waals surface area contributed by atoms with Crippen LogP contribution in [0.1, 0.15) is 11.1 Å². The van der Waals surface area contributed by atoms with Crippen molar-refractivity contribution in [3.63, 3.8) is 0 Å². The van der Waals surface area contributed by atoms with Crippen LogP contribution in [0.5, 0.6) is 0 Å². The average molecular weight is 395 g/mol. The van der Waals surface area contributed by atoms with Crippen LogP contribution in [0.4, 0.5) is 0 Å². The molecule has 0 N–H and O–H groups in total. The molecule has 136 valence electrons. The van der Waals surface area contributed by atoms with Crippen molar-refractivity contribution in [2.75, 3.05) is 0 Å². The number of hydrogen-bond donors (Lipinski definition) is 0. The monoisotopic (exact) mass is 394 g/mol. The quantitative estimate of drug-likeness (QED) is 0.549. The first kappa shape index (κ1) is 18.8. The van der Waals surface area contributed by atoms with Crippen LogP contribution < -0.4 is 0 Å². The van der Waals surface area contributed by atoms with E-state index in [0.29, 0.717) is 0 Å². The number of carbonyl (C=O) groups is 2. The molecule has 2 atom stereocenters. The van der Waals surface area contributed by atoms with Gasteiger partial charge in [-0.1, -0.05) is 60.7 Å². The second-order valence-electron chi connectivity index (χ2n) is 5.45. The third-order valence-corrected chi connectivity index (χ3v) is 4.84. The first-order chi connectivity index (χ1) is 12.6. The molecule has 0 amide bonds. The van der Waals surface area contributed by atoms with Crippen LogP contribution in [0.15, 0.2) is 60.7 Å². The number of hydrogen-bond acceptors (Lipinski definition) is 6. The molecule has 1 heterocycles. The highest BCUT2D eigenvalue weighted by Gasteiger charge is 2.47. The van der Waals surface area contributed by atoms with Gasteiger partial charge in [0.25, 0.3) is 7.73 Å². The molecule has 0 aromatic heterocycles. The Kier molecular flexibility index (Phi) is 6.58. The molecule has 1 aliphatic heterocycles. The Morgan fingerprint density at radius 1 is 0.808 bits per heavy atom. The average Bonchev–Trinajstić information content (AvgIpc) is 3.08. The van der Waals surface area contributed by atoms with E-state index in [0.717, 1.165) is 11.1 Å². The molecule has 1 aliphatic rings. The molecule has 26 heavy (non-hydrogen) atoms. The smallest absolute Gasteiger partial charge is 0.339 e. The fourth-order valence-corrected chi connectivity index (χ4v) is 3.58. The topological polar surface area (TPSA) is 71.1 Å². The predicted molar refractivity (Wildman–Crippen MR) is 95.0 cm³/mol. The molecule has 6 nitrogen and oxygen atoms in total. The van der Waals surface area contributed by atoms with Crippen molar-refractivity contribution in [2.45, 2.75) is 25.4 Å². The van der Waals surface area contributed by atoms with Crippen LogP contribution in [-0.2, 0) is 41.3 Å². The minimum Gasteiger partial charge on any atom is -0.459 e. The van der Waals surface area contributed by atoms with E-state index in [1.54, 1.807) is 0 Å². The summed E-state index contributed by atoms with van der Waals surface area (Å²) in [7, 11) is -1.87. The number of esters is 2. The van der Waals surface area contributed by atoms with E-state index in [1.165, 1.54) is 0 Å². The molecule has 1 saturated heterocycles. The molecule has 0 unspecified atom stereocenters. The zero-order valence-corrected chi connectivity index (χ0v) is 15.3. The zero-order chi connectivity index (χ0) is 18.4. The van der Waals surface area contributed by atoms with Crippen molar-refractivity contribution in [1.29, 1.82) is 0 Å². The summed E-state index contributed by atoms with van der Waals surface area (Å²) in [6.45, 7) is 0.122. The van der Waals surface area contributed by atoms with Crippen molar-refractivity contribution in [2.24, 2.45) is 0 Å². The molecule has 1 fully saturated rings. The van der Waals surface area contributed by atoms with Crippen LogP contribution in [0.2, 0.25) is 0 Å². The minimum absolute atomic E-state index is 0.0610. The molecule has 0 radical (unpaired) electrons. The van der Waals surface area contributed by atoms with E-state index in [9.17, 15) is 9.59 Å². The molecule has 0 saturated carbocycles. The third kappa shape index (κ3) is 5.02. The number of rotatable bonds is 6. The van der Waals surface area contributed by atoms with Gasteiger partial charge in [-0.15, -0.1) is 0 Å². The number of ether oxygens (including phenoxy) is 2. The van der Waals surface area contributed by atoms with Gasteiger partial charge < -0.3 is 18.5 Å². The van der Waals surface area contributed by atoms with Gasteiger partial charge in [0.05, 0.1) is 0 Å². The summed E-state index contributed by atoms with van der Waals surface area (Å²) in [5.74, 6) is -1.44. The Hall–Kier alpha value is -1.98. The van der Waals surface area contributed by atoms with Crippen molar-refractivity contribution in [3.8, 4) is 0 Å². The normalized spacial score (nSPS) is 19.9. The largest absolute Gasteiger partial charge is 0.459 e. The van der Waals surface area contributed by atoms with E-state index in [4.69, 9.17) is 29.8 Å². The lowest BCUT2D eigenvalue weighted by molar-refractivity contribution is -0.165. The summed E-state index contributed by atoms with van der Waals surface area (Å²) in [4.78, 5) is 24.5. The Morgan fingerprint density at radius 2 is 1.19 bits per heavy atom. The van der Waals surface area contributed by atoms with E-state index in [2.05, 4.69) is 0 Å². The van der Waals surface area contributed by atoms with E-state index >= 15 is 0 Å². The van der Waals surface area contributed by atoms with Gasteiger partial charge in [0, 0.05) is 0 Å². The summed E-state index contributed by atoms with van der Waals surface area (Å²) in [5.41, 5.74) is 1.63. The molecule has 2 aromatic rings. The lowest BCUT2D eigenvalue weighted by Gasteiger charge is -2.15. The Bertz CT molecular complexity index is 678. The lowest BCUT2D eigenvalue weighted by Crippen LogP contribution is -2.39. The van der Waals surface area contributed by atoms with Crippen molar-refractivity contribution >= 4 is 30.9 Å². The fourth-order valence-electron chi connectivity index (χ4n) is 2.27. The maximum Gasteiger partial charge on any atom is 0.339 e. The molecule has 3 rings (SSSR count). The Morgan fingerprint density at radius 3 is 1.58 bits per heavy atom. The first-order valence-corrected chi connectivity index (χ1v) is 9.92. The second kappa shape index (κ2) is 9.10. The Labute approximate surface area is 156 Å². The lowest BCUT2D eigenvalue weighted by atomic mass is 10.2. The van der Waals surface area contributed by atoms with Gasteiger partial charge in [-0.2, -0.15) is 0 Å². The standard InChI is InChI=1S/C18H16ClO6P/c19-26-24-15(17(20)22-11-13-7-3-1-4-8-13)16(25-26)18(21)23-12-14-9-5-2-6-10-14/h1-10,15-16H,11-12H2/t15-,16-/m0/s1. The van der Waals surface area contributed by atoms with E-state index < -0.39 is 31.9 Å². The summed E-state index contributed by atoms with van der Waals surface area (Å²) < 4.78 is 20.9. The summed E-state index contributed by atoms with van der Waals surface area (Å²) in [6.07, 6.45) is -2.49. The molecule has 0 bridgehead atoms. The van der Waals surface area contributed by atoms with Crippen molar-refractivity contribution in [1.82, 2.24) is 0 Å². The second-order valence-corrected chi connectivity index (χ2v) is 7.13. The molecular weight excluding hydrogens is 379 g/mol. The van der Waals surface area contributed by atoms with Gasteiger partial charge in [0.1, 0.15) is 13.2 Å². The van der Waals surface area contributed by atoms with Crippen molar-refractivity contribution < 1.29 is 28.1 Å². The zero-order valence-electron chi connectivity index (χ0n) is 13.6. The van der Waals surface area contributed by atoms with Gasteiger partial charge in [0.2, 0.25) is 0 Å².